The zero-order valence-corrected chi connectivity index (χ0v) is 17.8. The van der Waals surface area contributed by atoms with E-state index in [9.17, 15) is 4.79 Å². The summed E-state index contributed by atoms with van der Waals surface area (Å²) in [5, 5.41) is 4.20. The number of hydrogen-bond donors (Lipinski definition) is 0. The molecule has 0 radical (unpaired) electrons. The monoisotopic (exact) mass is 428 g/mol. The molecule has 0 amide bonds. The van der Waals surface area contributed by atoms with Gasteiger partial charge in [0.25, 0.3) is 0 Å². The van der Waals surface area contributed by atoms with Crippen molar-refractivity contribution in [2.45, 2.75) is 0 Å². The molecular weight excluding hydrogens is 412 g/mol. The van der Waals surface area contributed by atoms with Gasteiger partial charge in [0.15, 0.2) is 5.78 Å². The predicted octanol–water partition coefficient (Wildman–Crippen LogP) is 7.65. The first kappa shape index (κ1) is 18.3. The first-order valence-corrected chi connectivity index (χ1v) is 11.8. The fourth-order valence-electron chi connectivity index (χ4n) is 3.37. The molecule has 0 N–H and O–H groups in total. The molecule has 0 saturated carbocycles. The highest BCUT2D eigenvalue weighted by molar-refractivity contribution is 7.22. The van der Waals surface area contributed by atoms with Gasteiger partial charge in [-0.2, -0.15) is 0 Å². The third-order valence-electron chi connectivity index (χ3n) is 4.77. The predicted molar refractivity (Wildman–Crippen MR) is 127 cm³/mol. The number of allylic oxidation sites excluding steroid dienone is 4. The van der Waals surface area contributed by atoms with Crippen LogP contribution in [0.4, 0.5) is 0 Å². The van der Waals surface area contributed by atoms with Gasteiger partial charge in [-0.1, -0.05) is 48.6 Å². The van der Waals surface area contributed by atoms with E-state index < -0.39 is 0 Å². The highest BCUT2D eigenvalue weighted by Gasteiger charge is 2.16. The van der Waals surface area contributed by atoms with Gasteiger partial charge in [-0.3, -0.25) is 4.79 Å². The summed E-state index contributed by atoms with van der Waals surface area (Å²) >= 11 is 5.27. The normalized spacial score (nSPS) is 15.1. The average molecular weight is 429 g/mol. The van der Waals surface area contributed by atoms with Gasteiger partial charge in [0.1, 0.15) is 0 Å². The summed E-state index contributed by atoms with van der Waals surface area (Å²) in [5.74, 6) is 0.0518. The Morgan fingerprint density at radius 2 is 1.62 bits per heavy atom. The van der Waals surface area contributed by atoms with Gasteiger partial charge in [0.05, 0.1) is 0 Å². The van der Waals surface area contributed by atoms with Crippen molar-refractivity contribution in [3.63, 3.8) is 0 Å². The van der Waals surface area contributed by atoms with Crippen LogP contribution in [0.2, 0.25) is 0 Å². The van der Waals surface area contributed by atoms with Gasteiger partial charge in [-0.05, 0) is 58.3 Å². The maximum absolute atomic E-state index is 12.6. The van der Waals surface area contributed by atoms with Crippen molar-refractivity contribution in [1.82, 2.24) is 0 Å². The fraction of sp³-hybridized carbons (Fsp3) is 0. The van der Waals surface area contributed by atoms with Gasteiger partial charge < -0.3 is 0 Å². The average Bonchev–Trinajstić information content (AvgIpc) is 3.52. The topological polar surface area (TPSA) is 17.1 Å². The number of thiophene rings is 3. The molecule has 0 bridgehead atoms. The first-order valence-electron chi connectivity index (χ1n) is 9.21. The van der Waals surface area contributed by atoms with Crippen LogP contribution in [0, 0.1) is 0 Å². The van der Waals surface area contributed by atoms with E-state index in [1.54, 1.807) is 40.1 Å². The number of hydrogen-bond acceptors (Lipinski definition) is 4. The van der Waals surface area contributed by atoms with Crippen molar-refractivity contribution in [2.24, 2.45) is 0 Å². The van der Waals surface area contributed by atoms with Crippen LogP contribution in [0.25, 0.3) is 27.0 Å². The van der Waals surface area contributed by atoms with E-state index in [1.165, 1.54) is 19.5 Å². The van der Waals surface area contributed by atoms with Crippen molar-refractivity contribution in [2.75, 3.05) is 0 Å². The van der Waals surface area contributed by atoms with Gasteiger partial charge in [-0.25, -0.2) is 0 Å². The zero-order chi connectivity index (χ0) is 19.6. The summed E-state index contributed by atoms with van der Waals surface area (Å²) in [6, 6.07) is 20.8. The molecule has 1 aromatic carbocycles. The Labute approximate surface area is 181 Å². The Bertz CT molecular complexity index is 1250. The van der Waals surface area contributed by atoms with E-state index in [0.29, 0.717) is 0 Å². The largest absolute Gasteiger partial charge is 0.289 e. The van der Waals surface area contributed by atoms with E-state index in [4.69, 9.17) is 0 Å². The van der Waals surface area contributed by atoms with E-state index in [-0.39, 0.29) is 5.78 Å². The second-order valence-electron chi connectivity index (χ2n) is 6.56. The van der Waals surface area contributed by atoms with Crippen LogP contribution >= 0.6 is 34.0 Å². The number of rotatable bonds is 4. The summed E-state index contributed by atoms with van der Waals surface area (Å²) in [5.41, 5.74) is 3.97. The van der Waals surface area contributed by atoms with E-state index in [2.05, 4.69) is 53.2 Å². The Hall–Kier alpha value is -2.79. The number of fused-ring (bicyclic) bond motifs is 1. The van der Waals surface area contributed by atoms with Crippen molar-refractivity contribution < 1.29 is 4.79 Å². The smallest absolute Gasteiger partial charge is 0.186 e. The zero-order valence-electron chi connectivity index (χ0n) is 15.4. The number of carbonyl (C=O) groups is 1. The van der Waals surface area contributed by atoms with Gasteiger partial charge in [0, 0.05) is 30.7 Å². The van der Waals surface area contributed by atoms with Crippen molar-refractivity contribution in [3.8, 4) is 9.75 Å². The molecule has 0 unspecified atom stereocenters. The highest BCUT2D eigenvalue weighted by atomic mass is 32.1. The second-order valence-corrected chi connectivity index (χ2v) is 9.54. The van der Waals surface area contributed by atoms with Crippen molar-refractivity contribution >= 4 is 57.0 Å². The summed E-state index contributed by atoms with van der Waals surface area (Å²) in [4.78, 5) is 17.5. The van der Waals surface area contributed by atoms with Crippen molar-refractivity contribution in [1.29, 1.82) is 0 Å². The summed E-state index contributed by atoms with van der Waals surface area (Å²) < 4.78 is 0. The molecule has 1 aliphatic carbocycles. The van der Waals surface area contributed by atoms with Crippen LogP contribution in [0.5, 0.6) is 0 Å². The molecule has 3 heterocycles. The number of benzene rings is 1. The van der Waals surface area contributed by atoms with Crippen LogP contribution in [0.3, 0.4) is 0 Å². The fourth-order valence-corrected chi connectivity index (χ4v) is 6.08. The molecule has 0 atom stereocenters. The van der Waals surface area contributed by atoms with E-state index in [1.807, 2.05) is 36.4 Å². The highest BCUT2D eigenvalue weighted by Crippen LogP contribution is 2.38. The lowest BCUT2D eigenvalue weighted by atomic mass is 9.91. The standard InChI is InChI=1S/C25H16OS3/c26-21-12-9-17-5-1-2-6-18(17)19(21)10-11-20(22-7-3-15-27-22)23-13-14-25(29-23)24-8-4-16-28-24/h1-16H/b19-10+,20-11+. The minimum atomic E-state index is 0.0518. The maximum Gasteiger partial charge on any atom is 0.186 e. The molecule has 4 aromatic rings. The minimum absolute atomic E-state index is 0.0518. The van der Waals surface area contributed by atoms with Crippen LogP contribution in [0.15, 0.2) is 89.7 Å². The molecule has 1 aliphatic rings. The molecule has 1 nitrogen and oxygen atoms in total. The van der Waals surface area contributed by atoms with Crippen LogP contribution in [0.1, 0.15) is 20.9 Å². The SMILES string of the molecule is O=C1C=Cc2ccccc2/C1=C\C=C(/c1cccs1)c1ccc(-c2cccs2)s1. The first-order chi connectivity index (χ1) is 14.3. The van der Waals surface area contributed by atoms with Gasteiger partial charge in [0.2, 0.25) is 0 Å². The number of ketones is 1. The Kier molecular flexibility index (Phi) is 4.98. The third-order valence-corrected chi connectivity index (χ3v) is 7.86. The van der Waals surface area contributed by atoms with Gasteiger partial charge >= 0.3 is 0 Å². The van der Waals surface area contributed by atoms with Crippen molar-refractivity contribution in [3.05, 3.63) is 111 Å². The summed E-state index contributed by atoms with van der Waals surface area (Å²) in [6.07, 6.45) is 7.63. The van der Waals surface area contributed by atoms with Gasteiger partial charge in [-0.15, -0.1) is 34.0 Å². The molecular formula is C25H16OS3. The summed E-state index contributed by atoms with van der Waals surface area (Å²) in [6.45, 7) is 0. The summed E-state index contributed by atoms with van der Waals surface area (Å²) in [7, 11) is 0. The molecule has 29 heavy (non-hydrogen) atoms. The molecule has 0 saturated heterocycles. The van der Waals surface area contributed by atoms with Crippen LogP contribution in [-0.4, -0.2) is 5.78 Å². The molecule has 3 aromatic heterocycles. The van der Waals surface area contributed by atoms with Crippen LogP contribution < -0.4 is 0 Å². The molecule has 0 aliphatic heterocycles. The Morgan fingerprint density at radius 3 is 2.45 bits per heavy atom. The molecule has 140 valence electrons. The van der Waals surface area contributed by atoms with Crippen LogP contribution in [-0.2, 0) is 4.79 Å². The Morgan fingerprint density at radius 1 is 0.759 bits per heavy atom. The molecule has 0 spiro atoms. The maximum atomic E-state index is 12.6. The molecule has 5 rings (SSSR count). The lowest BCUT2D eigenvalue weighted by Crippen LogP contribution is -2.04. The lowest BCUT2D eigenvalue weighted by Gasteiger charge is -2.12. The quantitative estimate of drug-likeness (QED) is 0.305. The minimum Gasteiger partial charge on any atom is -0.289 e. The van der Waals surface area contributed by atoms with E-state index in [0.717, 1.165) is 22.3 Å². The lowest BCUT2D eigenvalue weighted by molar-refractivity contribution is -0.109. The molecule has 0 fully saturated rings. The second kappa shape index (κ2) is 7.91. The third kappa shape index (κ3) is 3.62. The number of carbonyl (C=O) groups excluding carboxylic acids is 1. The molecule has 4 heteroatoms. The Balaban J connectivity index is 1.60. The van der Waals surface area contributed by atoms with E-state index >= 15 is 0 Å².